The summed E-state index contributed by atoms with van der Waals surface area (Å²) in [4.78, 5) is 19.1. The van der Waals surface area contributed by atoms with E-state index in [2.05, 4.69) is 6.92 Å². The van der Waals surface area contributed by atoms with E-state index in [9.17, 15) is 19.5 Å². The lowest BCUT2D eigenvalue weighted by atomic mass is 10.0. The first kappa shape index (κ1) is 26.1. The summed E-state index contributed by atoms with van der Waals surface area (Å²) < 4.78 is 12.0. The van der Waals surface area contributed by atoms with Crippen LogP contribution in [0.1, 0.15) is 96.8 Å². The Labute approximate surface area is 161 Å². The normalized spacial score (nSPS) is 15.2. The smallest absolute Gasteiger partial charge is 0.362 e. The summed E-state index contributed by atoms with van der Waals surface area (Å²) in [7, 11) is 0.984. The van der Waals surface area contributed by atoms with E-state index in [1.54, 1.807) is 0 Å². The van der Waals surface area contributed by atoms with Crippen molar-refractivity contribution < 1.29 is 23.9 Å². The molecule has 0 aliphatic rings. The van der Waals surface area contributed by atoms with Crippen LogP contribution in [0.5, 0.6) is 0 Å². The molecule has 0 heterocycles. The van der Waals surface area contributed by atoms with Gasteiger partial charge in [-0.25, -0.2) is 0 Å². The van der Waals surface area contributed by atoms with Crippen molar-refractivity contribution in [3.63, 3.8) is 0 Å². The molecule has 0 saturated heterocycles. The van der Waals surface area contributed by atoms with Crippen LogP contribution in [0.3, 0.4) is 0 Å². The Morgan fingerprint density at radius 2 is 1.08 bits per heavy atom. The highest BCUT2D eigenvalue weighted by Crippen LogP contribution is 2.52. The molecule has 0 spiro atoms. The minimum atomic E-state index is -4.53. The fourth-order valence-electron chi connectivity index (χ4n) is 3.50. The van der Waals surface area contributed by atoms with Crippen molar-refractivity contribution in [2.24, 2.45) is 0 Å². The third-order valence-corrected chi connectivity index (χ3v) is 6.40. The lowest BCUT2D eigenvalue weighted by Gasteiger charge is -2.35. The molecule has 5 nitrogen and oxygen atoms in total. The van der Waals surface area contributed by atoms with E-state index < -0.39 is 12.9 Å². The fourth-order valence-corrected chi connectivity index (χ4v) is 4.56. The molecule has 0 amide bonds. The van der Waals surface area contributed by atoms with E-state index in [1.807, 2.05) is 21.1 Å². The minimum Gasteiger partial charge on any atom is -0.373 e. The molecule has 0 saturated carbocycles. The number of likely N-dealkylation sites (N-methyl/N-ethyl adjacent to an activating group) is 1. The van der Waals surface area contributed by atoms with E-state index in [0.717, 1.165) is 12.8 Å². The highest BCUT2D eigenvalue weighted by Gasteiger charge is 2.48. The van der Waals surface area contributed by atoms with Crippen LogP contribution >= 0.6 is 7.60 Å². The second-order valence-corrected chi connectivity index (χ2v) is 10.9. The maximum Gasteiger partial charge on any atom is 0.362 e. The molecule has 158 valence electrons. The van der Waals surface area contributed by atoms with Gasteiger partial charge in [0.1, 0.15) is 6.54 Å². The van der Waals surface area contributed by atoms with Gasteiger partial charge in [0.15, 0.2) is 0 Å². The first-order valence-electron chi connectivity index (χ1n) is 10.6. The van der Waals surface area contributed by atoms with E-state index >= 15 is 0 Å². The van der Waals surface area contributed by atoms with Crippen LogP contribution in [0.25, 0.3) is 0 Å². The van der Waals surface area contributed by atoms with Crippen LogP contribution in [0.2, 0.25) is 0 Å². The van der Waals surface area contributed by atoms with Crippen LogP contribution in [-0.4, -0.2) is 52.4 Å². The molecule has 1 unspecified atom stereocenters. The molecular weight excluding hydrogens is 349 g/mol. The van der Waals surface area contributed by atoms with Gasteiger partial charge in [0, 0.05) is 0 Å². The van der Waals surface area contributed by atoms with Crippen molar-refractivity contribution in [2.75, 3.05) is 27.7 Å². The van der Waals surface area contributed by atoms with Crippen LogP contribution in [0, 0.1) is 0 Å². The summed E-state index contributed by atoms with van der Waals surface area (Å²) in [5.74, 6) is 0. The number of unbranched alkanes of at least 4 members (excludes halogenated alkanes) is 12. The first-order valence-corrected chi connectivity index (χ1v) is 12.2. The number of hydrogen-bond donors (Lipinski definition) is 3. The van der Waals surface area contributed by atoms with Crippen LogP contribution in [-0.2, 0) is 4.57 Å². The molecule has 0 rings (SSSR count). The molecule has 0 bridgehead atoms. The van der Waals surface area contributed by atoms with Gasteiger partial charge in [-0.05, 0) is 12.8 Å². The van der Waals surface area contributed by atoms with Gasteiger partial charge in [-0.1, -0.05) is 84.0 Å². The summed E-state index contributed by atoms with van der Waals surface area (Å²) >= 11 is 0. The third kappa shape index (κ3) is 13.3. The summed E-state index contributed by atoms with van der Waals surface area (Å²) in [6.07, 6.45) is 16.0. The van der Waals surface area contributed by atoms with Gasteiger partial charge in [0.25, 0.3) is 0 Å². The highest BCUT2D eigenvalue weighted by atomic mass is 31.2. The van der Waals surface area contributed by atoms with E-state index in [1.165, 1.54) is 64.2 Å². The number of rotatable bonds is 17. The standard InChI is InChI=1S/C20H44NO4P/c1-5-6-7-8-9-10-11-12-13-14-15-16-17-18-20(22,26(23,24)25)19-21(2,3)4/h22H,5-19H2,1-4H3,(H-,23,24,25)/p+1. The highest BCUT2D eigenvalue weighted by molar-refractivity contribution is 7.53. The van der Waals surface area contributed by atoms with Crippen molar-refractivity contribution in [1.82, 2.24) is 0 Å². The van der Waals surface area contributed by atoms with Crippen molar-refractivity contribution in [1.29, 1.82) is 0 Å². The average Bonchev–Trinajstić information content (AvgIpc) is 2.49. The van der Waals surface area contributed by atoms with Crippen LogP contribution in [0.4, 0.5) is 0 Å². The maximum atomic E-state index is 11.7. The lowest BCUT2D eigenvalue weighted by molar-refractivity contribution is -0.875. The summed E-state index contributed by atoms with van der Waals surface area (Å²) in [6.45, 7) is 2.31. The number of nitrogens with zero attached hydrogens (tertiary/aromatic N) is 1. The monoisotopic (exact) mass is 394 g/mol. The van der Waals surface area contributed by atoms with Gasteiger partial charge < -0.3 is 19.4 Å². The maximum absolute atomic E-state index is 11.7. The average molecular weight is 395 g/mol. The van der Waals surface area contributed by atoms with Crippen molar-refractivity contribution in [3.8, 4) is 0 Å². The van der Waals surface area contributed by atoms with Gasteiger partial charge in [-0.2, -0.15) is 0 Å². The third-order valence-electron chi connectivity index (χ3n) is 4.95. The molecule has 0 aromatic heterocycles. The predicted octanol–water partition coefficient (Wildman–Crippen LogP) is 5.04. The SMILES string of the molecule is CCCCCCCCCCCCCCCC(O)(C[N+](C)(C)C)P(=O)(O)O. The second-order valence-electron chi connectivity index (χ2n) is 8.97. The van der Waals surface area contributed by atoms with Crippen molar-refractivity contribution >= 4 is 7.60 Å². The zero-order valence-corrected chi connectivity index (χ0v) is 18.6. The largest absolute Gasteiger partial charge is 0.373 e. The van der Waals surface area contributed by atoms with Gasteiger partial charge in [-0.3, -0.25) is 4.57 Å². The Bertz CT molecular complexity index is 392. The van der Waals surface area contributed by atoms with E-state index in [4.69, 9.17) is 0 Å². The van der Waals surface area contributed by atoms with Gasteiger partial charge >= 0.3 is 7.60 Å². The van der Waals surface area contributed by atoms with Crippen molar-refractivity contribution in [3.05, 3.63) is 0 Å². The molecule has 0 aromatic rings. The number of quaternary nitrogens is 1. The first-order chi connectivity index (χ1) is 12.0. The molecule has 0 radical (unpaired) electrons. The quantitative estimate of drug-likeness (QED) is 0.183. The van der Waals surface area contributed by atoms with E-state index in [-0.39, 0.29) is 13.0 Å². The number of aliphatic hydroxyl groups is 1. The Kier molecular flexibility index (Phi) is 13.3. The van der Waals surface area contributed by atoms with Crippen molar-refractivity contribution in [2.45, 2.75) is 102 Å². The van der Waals surface area contributed by atoms with E-state index in [0.29, 0.717) is 10.9 Å². The van der Waals surface area contributed by atoms with Gasteiger partial charge in [0.2, 0.25) is 5.34 Å². The Morgan fingerprint density at radius 3 is 1.38 bits per heavy atom. The summed E-state index contributed by atoms with van der Waals surface area (Å²) in [6, 6.07) is 0. The molecule has 0 aromatic carbocycles. The summed E-state index contributed by atoms with van der Waals surface area (Å²) in [5, 5.41) is 8.58. The molecule has 6 heteroatoms. The summed E-state index contributed by atoms with van der Waals surface area (Å²) in [5.41, 5.74) is 0. The second kappa shape index (κ2) is 13.3. The number of hydrogen-bond acceptors (Lipinski definition) is 2. The predicted molar refractivity (Wildman–Crippen MR) is 110 cm³/mol. The Balaban J connectivity index is 3.76. The Morgan fingerprint density at radius 1 is 0.731 bits per heavy atom. The molecule has 26 heavy (non-hydrogen) atoms. The fraction of sp³-hybridized carbons (Fsp3) is 1.00. The van der Waals surface area contributed by atoms with Crippen LogP contribution in [0.15, 0.2) is 0 Å². The molecule has 3 N–H and O–H groups in total. The minimum absolute atomic E-state index is 0.0650. The topological polar surface area (TPSA) is 77.8 Å². The zero-order valence-electron chi connectivity index (χ0n) is 17.8. The lowest BCUT2D eigenvalue weighted by Crippen LogP contribution is -2.49. The van der Waals surface area contributed by atoms with Gasteiger partial charge in [-0.15, -0.1) is 0 Å². The molecule has 1 atom stereocenters. The molecule has 0 aliphatic heterocycles. The Hall–Kier alpha value is 0.0700. The van der Waals surface area contributed by atoms with Gasteiger partial charge in [0.05, 0.1) is 21.1 Å². The molecule has 0 fully saturated rings. The van der Waals surface area contributed by atoms with Crippen LogP contribution < -0.4 is 0 Å². The zero-order chi connectivity index (χ0) is 20.1. The molecule has 0 aliphatic carbocycles. The molecular formula is C20H45NO4P+.